The van der Waals surface area contributed by atoms with E-state index in [9.17, 15) is 9.90 Å². The molecular formula is C17H28O3. The van der Waals surface area contributed by atoms with Gasteiger partial charge in [0.15, 0.2) is 0 Å². The van der Waals surface area contributed by atoms with Crippen LogP contribution >= 0.6 is 0 Å². The summed E-state index contributed by atoms with van der Waals surface area (Å²) in [5, 5.41) is 18.1. The maximum Gasteiger partial charge on any atom is 0.303 e. The normalized spacial score (nSPS) is 13.7. The Bertz CT molecular complexity index is 316. The zero-order chi connectivity index (χ0) is 15.1. The van der Waals surface area contributed by atoms with Gasteiger partial charge in [-0.25, -0.2) is 0 Å². The Kier molecular flexibility index (Phi) is 13.1. The van der Waals surface area contributed by atoms with Gasteiger partial charge in [-0.15, -0.1) is 0 Å². The fourth-order valence-corrected chi connectivity index (χ4v) is 1.71. The molecule has 3 heteroatoms. The number of allylic oxidation sites excluding steroid dienone is 5. The lowest BCUT2D eigenvalue weighted by atomic mass is 10.1. The highest BCUT2D eigenvalue weighted by atomic mass is 16.4. The second kappa shape index (κ2) is 14.1. The lowest BCUT2D eigenvalue weighted by Gasteiger charge is -2.02. The average Bonchev–Trinajstić information content (AvgIpc) is 2.41. The Balaban J connectivity index is 3.54. The molecule has 2 N–H and O–H groups in total. The predicted molar refractivity (Wildman–Crippen MR) is 83.7 cm³/mol. The molecule has 0 aliphatic carbocycles. The van der Waals surface area contributed by atoms with Crippen molar-refractivity contribution in [2.75, 3.05) is 0 Å². The highest BCUT2D eigenvalue weighted by Crippen LogP contribution is 2.04. The van der Waals surface area contributed by atoms with Crippen LogP contribution in [0.25, 0.3) is 0 Å². The molecule has 0 unspecified atom stereocenters. The van der Waals surface area contributed by atoms with Crippen molar-refractivity contribution >= 4 is 5.97 Å². The van der Waals surface area contributed by atoms with Gasteiger partial charge in [0.1, 0.15) is 0 Å². The van der Waals surface area contributed by atoms with Crippen molar-refractivity contribution in [3.8, 4) is 0 Å². The summed E-state index contributed by atoms with van der Waals surface area (Å²) in [6.45, 7) is 2.15. The van der Waals surface area contributed by atoms with Gasteiger partial charge in [0.25, 0.3) is 0 Å². The molecule has 0 aliphatic heterocycles. The number of carbonyl (C=O) groups is 1. The number of carboxylic acid groups (broad SMARTS) is 1. The Morgan fingerprint density at radius 2 is 1.90 bits per heavy atom. The first-order valence-electron chi connectivity index (χ1n) is 7.55. The minimum atomic E-state index is -0.735. The summed E-state index contributed by atoms with van der Waals surface area (Å²) in [7, 11) is 0. The van der Waals surface area contributed by atoms with Crippen molar-refractivity contribution in [3.05, 3.63) is 36.5 Å². The van der Waals surface area contributed by atoms with Gasteiger partial charge in [0.2, 0.25) is 0 Å². The molecule has 0 aromatic rings. The summed E-state index contributed by atoms with van der Waals surface area (Å²) in [6.07, 6.45) is 18.2. The van der Waals surface area contributed by atoms with Gasteiger partial charge < -0.3 is 10.2 Å². The Morgan fingerprint density at radius 1 is 1.10 bits per heavy atom. The molecule has 0 fully saturated rings. The second-order valence-corrected chi connectivity index (χ2v) is 4.87. The number of rotatable bonds is 12. The third-order valence-corrected chi connectivity index (χ3v) is 2.88. The van der Waals surface area contributed by atoms with Gasteiger partial charge in [-0.2, -0.15) is 0 Å². The molecule has 0 aromatic heterocycles. The first kappa shape index (κ1) is 18.7. The van der Waals surface area contributed by atoms with Crippen LogP contribution in [0.1, 0.15) is 58.3 Å². The standard InChI is InChI=1S/C17H28O3/c1-2-3-10-13-16(18)14-11-8-6-4-5-7-9-12-15-17(19)20/h5-8,11,14,16,18H,2-4,9-10,12-13,15H2,1H3,(H,19,20)/b7-5-,8-6+,14-11?/t16-/m0/s1. The highest BCUT2D eigenvalue weighted by molar-refractivity contribution is 5.66. The quantitative estimate of drug-likeness (QED) is 0.319. The lowest BCUT2D eigenvalue weighted by Crippen LogP contribution is -2.00. The van der Waals surface area contributed by atoms with Crippen molar-refractivity contribution in [3.63, 3.8) is 0 Å². The number of carboxylic acids is 1. The Labute approximate surface area is 122 Å². The van der Waals surface area contributed by atoms with Crippen LogP contribution in [0, 0.1) is 0 Å². The zero-order valence-corrected chi connectivity index (χ0v) is 12.5. The third kappa shape index (κ3) is 14.7. The lowest BCUT2D eigenvalue weighted by molar-refractivity contribution is -0.137. The van der Waals surface area contributed by atoms with E-state index in [0.717, 1.165) is 25.7 Å². The fourth-order valence-electron chi connectivity index (χ4n) is 1.71. The molecule has 0 rings (SSSR count). The summed E-state index contributed by atoms with van der Waals surface area (Å²) >= 11 is 0. The van der Waals surface area contributed by atoms with Crippen LogP contribution in [0.5, 0.6) is 0 Å². The van der Waals surface area contributed by atoms with Crippen molar-refractivity contribution in [1.82, 2.24) is 0 Å². The van der Waals surface area contributed by atoms with Crippen LogP contribution in [0.2, 0.25) is 0 Å². The summed E-state index contributed by atoms with van der Waals surface area (Å²) in [4.78, 5) is 10.3. The fraction of sp³-hybridized carbons (Fsp3) is 0.588. The molecule has 0 aliphatic rings. The van der Waals surface area contributed by atoms with Crippen LogP contribution in [-0.4, -0.2) is 22.3 Å². The molecule has 0 heterocycles. The van der Waals surface area contributed by atoms with Gasteiger partial charge in [-0.05, 0) is 25.7 Å². The number of aliphatic hydroxyl groups excluding tert-OH is 1. The second-order valence-electron chi connectivity index (χ2n) is 4.87. The molecule has 0 bridgehead atoms. The van der Waals surface area contributed by atoms with E-state index in [1.54, 1.807) is 0 Å². The maximum absolute atomic E-state index is 10.3. The third-order valence-electron chi connectivity index (χ3n) is 2.88. The molecule has 0 aromatic carbocycles. The number of unbranched alkanes of at least 4 members (excludes halogenated alkanes) is 3. The number of hydrogen-bond donors (Lipinski definition) is 2. The molecule has 0 saturated carbocycles. The largest absolute Gasteiger partial charge is 0.481 e. The number of aliphatic hydroxyl groups is 1. The molecular weight excluding hydrogens is 252 g/mol. The van der Waals surface area contributed by atoms with Crippen molar-refractivity contribution < 1.29 is 15.0 Å². The van der Waals surface area contributed by atoms with Crippen LogP contribution in [0.15, 0.2) is 36.5 Å². The first-order valence-corrected chi connectivity index (χ1v) is 7.55. The number of hydrogen-bond acceptors (Lipinski definition) is 2. The Hall–Kier alpha value is -1.35. The topological polar surface area (TPSA) is 57.5 Å². The monoisotopic (exact) mass is 280 g/mol. The minimum absolute atomic E-state index is 0.235. The van der Waals surface area contributed by atoms with E-state index in [1.807, 2.05) is 36.5 Å². The van der Waals surface area contributed by atoms with Crippen LogP contribution in [-0.2, 0) is 4.79 Å². The molecule has 114 valence electrons. The van der Waals surface area contributed by atoms with Gasteiger partial charge in [-0.3, -0.25) is 4.79 Å². The van der Waals surface area contributed by atoms with E-state index in [1.165, 1.54) is 12.8 Å². The van der Waals surface area contributed by atoms with Crippen LogP contribution in [0.4, 0.5) is 0 Å². The van der Waals surface area contributed by atoms with Crippen molar-refractivity contribution in [2.45, 2.75) is 64.4 Å². The van der Waals surface area contributed by atoms with E-state index in [0.29, 0.717) is 6.42 Å². The molecule has 0 amide bonds. The average molecular weight is 280 g/mol. The zero-order valence-electron chi connectivity index (χ0n) is 12.5. The van der Waals surface area contributed by atoms with Crippen LogP contribution in [0.3, 0.4) is 0 Å². The first-order chi connectivity index (χ1) is 9.66. The SMILES string of the molecule is CCCCC[C@H](O)C=C/C=C/C/C=C\CCCC(=O)O. The van der Waals surface area contributed by atoms with Gasteiger partial charge in [0, 0.05) is 6.42 Å². The van der Waals surface area contributed by atoms with E-state index < -0.39 is 5.97 Å². The van der Waals surface area contributed by atoms with Gasteiger partial charge in [0.05, 0.1) is 6.10 Å². The summed E-state index contributed by atoms with van der Waals surface area (Å²) in [5.74, 6) is -0.735. The van der Waals surface area contributed by atoms with Gasteiger partial charge >= 0.3 is 5.97 Å². The maximum atomic E-state index is 10.3. The number of aliphatic carboxylic acids is 1. The van der Waals surface area contributed by atoms with Crippen LogP contribution < -0.4 is 0 Å². The van der Waals surface area contributed by atoms with Crippen molar-refractivity contribution in [2.24, 2.45) is 0 Å². The van der Waals surface area contributed by atoms with E-state index >= 15 is 0 Å². The van der Waals surface area contributed by atoms with E-state index in [2.05, 4.69) is 6.92 Å². The molecule has 0 radical (unpaired) electrons. The van der Waals surface area contributed by atoms with Gasteiger partial charge in [-0.1, -0.05) is 62.6 Å². The minimum Gasteiger partial charge on any atom is -0.481 e. The summed E-state index contributed by atoms with van der Waals surface area (Å²) in [6, 6.07) is 0. The molecule has 20 heavy (non-hydrogen) atoms. The smallest absolute Gasteiger partial charge is 0.303 e. The molecule has 0 spiro atoms. The molecule has 1 atom stereocenters. The summed E-state index contributed by atoms with van der Waals surface area (Å²) in [5.41, 5.74) is 0. The van der Waals surface area contributed by atoms with E-state index in [4.69, 9.17) is 5.11 Å². The predicted octanol–water partition coefficient (Wildman–Crippen LogP) is 4.24. The highest BCUT2D eigenvalue weighted by Gasteiger charge is 1.96. The molecule has 3 nitrogen and oxygen atoms in total. The summed E-state index contributed by atoms with van der Waals surface area (Å²) < 4.78 is 0. The Morgan fingerprint density at radius 3 is 2.60 bits per heavy atom. The van der Waals surface area contributed by atoms with E-state index in [-0.39, 0.29) is 12.5 Å². The molecule has 0 saturated heterocycles. The van der Waals surface area contributed by atoms with Crippen molar-refractivity contribution in [1.29, 1.82) is 0 Å².